The summed E-state index contributed by atoms with van der Waals surface area (Å²) in [6, 6.07) is 18.1. The fourth-order valence-corrected chi connectivity index (χ4v) is 2.84. The first kappa shape index (κ1) is 17.1. The molecular weight excluding hydrogens is 338 g/mol. The third-order valence-electron chi connectivity index (χ3n) is 4.30. The summed E-state index contributed by atoms with van der Waals surface area (Å²) in [5, 5.41) is 4.27. The lowest BCUT2D eigenvalue weighted by Gasteiger charge is -2.08. The van der Waals surface area contributed by atoms with E-state index in [-0.39, 0.29) is 0 Å². The average molecular weight is 359 g/mol. The minimum absolute atomic E-state index is 0.556. The monoisotopic (exact) mass is 359 g/mol. The molecule has 0 radical (unpaired) electrons. The molecule has 1 aliphatic heterocycles. The molecule has 1 aromatic heterocycles. The Morgan fingerprint density at radius 2 is 1.85 bits per heavy atom. The van der Waals surface area contributed by atoms with E-state index in [0.717, 1.165) is 42.0 Å². The number of hydrogen-bond donors (Lipinski definition) is 0. The van der Waals surface area contributed by atoms with Crippen LogP contribution in [-0.2, 0) is 6.54 Å². The van der Waals surface area contributed by atoms with Crippen LogP contribution in [0.1, 0.15) is 30.9 Å². The Morgan fingerprint density at radius 1 is 1.04 bits per heavy atom. The first-order chi connectivity index (χ1) is 13.3. The second-order valence-electron chi connectivity index (χ2n) is 6.28. The van der Waals surface area contributed by atoms with E-state index in [9.17, 15) is 0 Å². The zero-order valence-electron chi connectivity index (χ0n) is 15.2. The van der Waals surface area contributed by atoms with Crippen molar-refractivity contribution >= 4 is 17.5 Å². The van der Waals surface area contributed by atoms with Gasteiger partial charge in [-0.25, -0.2) is 4.99 Å². The van der Waals surface area contributed by atoms with Crippen LogP contribution in [0.25, 0.3) is 0 Å². The van der Waals surface area contributed by atoms with E-state index in [1.807, 2.05) is 42.5 Å². The molecule has 3 aromatic rings. The lowest BCUT2D eigenvalue weighted by molar-refractivity contribution is 0.309. The predicted octanol–water partition coefficient (Wildman–Crippen LogP) is 4.04. The number of aromatic nitrogens is 3. The van der Waals surface area contributed by atoms with Crippen LogP contribution < -0.4 is 4.74 Å². The molecule has 0 amide bonds. The molecular formula is C21H21N5O. The molecule has 0 saturated heterocycles. The number of unbranched alkanes of at least 4 members (excludes halogenated alkanes) is 1. The Hall–Kier alpha value is -3.28. The third-order valence-corrected chi connectivity index (χ3v) is 4.30. The standard InChI is InChI=1S/C21H21N5O/c1-2-3-13-27-18-11-9-17(10-12-18)19-20(26-21(25-19)23-15-24-26)22-14-16-7-5-4-6-8-16/h4-12,15H,2-3,13-14H2,1H3. The minimum Gasteiger partial charge on any atom is -0.494 e. The van der Waals surface area contributed by atoms with Crippen molar-refractivity contribution in [3.8, 4) is 5.75 Å². The average Bonchev–Trinajstić information content (AvgIpc) is 3.30. The summed E-state index contributed by atoms with van der Waals surface area (Å²) in [7, 11) is 0. The van der Waals surface area contributed by atoms with E-state index in [0.29, 0.717) is 18.3 Å². The van der Waals surface area contributed by atoms with Gasteiger partial charge in [0.25, 0.3) is 5.95 Å². The van der Waals surface area contributed by atoms with Crippen molar-refractivity contribution in [2.45, 2.75) is 26.3 Å². The van der Waals surface area contributed by atoms with Crippen molar-refractivity contribution in [3.05, 3.63) is 72.1 Å². The van der Waals surface area contributed by atoms with Gasteiger partial charge in [0.05, 0.1) is 13.2 Å². The summed E-state index contributed by atoms with van der Waals surface area (Å²) in [5.41, 5.74) is 2.89. The summed E-state index contributed by atoms with van der Waals surface area (Å²) in [6.45, 7) is 3.45. The van der Waals surface area contributed by atoms with Gasteiger partial charge in [-0.3, -0.25) is 4.99 Å². The number of ether oxygens (including phenoxy) is 1. The van der Waals surface area contributed by atoms with E-state index in [4.69, 9.17) is 9.73 Å². The lowest BCUT2D eigenvalue weighted by Crippen LogP contribution is -2.20. The highest BCUT2D eigenvalue weighted by Crippen LogP contribution is 2.22. The van der Waals surface area contributed by atoms with Crippen molar-refractivity contribution in [2.24, 2.45) is 9.98 Å². The molecule has 0 fully saturated rings. The van der Waals surface area contributed by atoms with E-state index in [2.05, 4.69) is 34.1 Å². The number of aliphatic imine (C=N–C) groups is 2. The normalized spacial score (nSPS) is 14.3. The summed E-state index contributed by atoms with van der Waals surface area (Å²) in [4.78, 5) is 13.6. The minimum atomic E-state index is 0.556. The number of benzene rings is 2. The Labute approximate surface area is 158 Å². The molecule has 6 nitrogen and oxygen atoms in total. The highest BCUT2D eigenvalue weighted by atomic mass is 16.5. The first-order valence-electron chi connectivity index (χ1n) is 9.16. The molecule has 6 heteroatoms. The summed E-state index contributed by atoms with van der Waals surface area (Å²) in [6.07, 6.45) is 3.67. The molecule has 0 N–H and O–H groups in total. The second-order valence-corrected chi connectivity index (χ2v) is 6.28. The molecule has 0 aliphatic carbocycles. The van der Waals surface area contributed by atoms with Gasteiger partial charge in [0, 0.05) is 5.56 Å². The van der Waals surface area contributed by atoms with Gasteiger partial charge in [-0.15, -0.1) is 0 Å². The fraction of sp³-hybridized carbons (Fsp3) is 0.238. The van der Waals surface area contributed by atoms with Crippen LogP contribution in [0.3, 0.4) is 0 Å². The van der Waals surface area contributed by atoms with Gasteiger partial charge in [-0.05, 0) is 36.2 Å². The summed E-state index contributed by atoms with van der Waals surface area (Å²) in [5.74, 6) is 2.13. The van der Waals surface area contributed by atoms with Crippen molar-refractivity contribution in [3.63, 3.8) is 0 Å². The van der Waals surface area contributed by atoms with Crippen LogP contribution in [0.2, 0.25) is 0 Å². The topological polar surface area (TPSA) is 64.7 Å². The molecule has 136 valence electrons. The largest absolute Gasteiger partial charge is 0.494 e. The van der Waals surface area contributed by atoms with Gasteiger partial charge in [0.1, 0.15) is 17.8 Å². The van der Waals surface area contributed by atoms with E-state index >= 15 is 0 Å². The van der Waals surface area contributed by atoms with Crippen molar-refractivity contribution in [1.82, 2.24) is 14.8 Å². The molecule has 0 saturated carbocycles. The highest BCUT2D eigenvalue weighted by Gasteiger charge is 2.25. The SMILES string of the molecule is CCCCOc1ccc(C2=Nc3ncnn3C2=NCc2ccccc2)cc1. The molecule has 2 aromatic carbocycles. The molecule has 4 rings (SSSR count). The van der Waals surface area contributed by atoms with Gasteiger partial charge in [-0.2, -0.15) is 14.8 Å². The number of nitrogens with zero attached hydrogens (tertiary/aromatic N) is 5. The van der Waals surface area contributed by atoms with Crippen molar-refractivity contribution < 1.29 is 4.74 Å². The van der Waals surface area contributed by atoms with Crippen molar-refractivity contribution in [2.75, 3.05) is 6.61 Å². The van der Waals surface area contributed by atoms with Crippen LogP contribution in [0.15, 0.2) is 70.9 Å². The predicted molar refractivity (Wildman–Crippen MR) is 106 cm³/mol. The van der Waals surface area contributed by atoms with Crippen LogP contribution in [-0.4, -0.2) is 32.9 Å². The first-order valence-corrected chi connectivity index (χ1v) is 9.16. The van der Waals surface area contributed by atoms with Crippen LogP contribution >= 0.6 is 0 Å². The van der Waals surface area contributed by atoms with Crippen LogP contribution in [0.4, 0.5) is 5.95 Å². The Bertz CT molecular complexity index is 958. The molecule has 0 bridgehead atoms. The zero-order valence-corrected chi connectivity index (χ0v) is 15.2. The van der Waals surface area contributed by atoms with E-state index in [1.165, 1.54) is 6.33 Å². The molecule has 2 heterocycles. The van der Waals surface area contributed by atoms with Crippen LogP contribution in [0.5, 0.6) is 5.75 Å². The highest BCUT2D eigenvalue weighted by molar-refractivity contribution is 6.50. The van der Waals surface area contributed by atoms with Crippen LogP contribution in [0, 0.1) is 0 Å². The maximum atomic E-state index is 5.74. The van der Waals surface area contributed by atoms with E-state index in [1.54, 1.807) is 4.68 Å². The van der Waals surface area contributed by atoms with Gasteiger partial charge in [0.2, 0.25) is 0 Å². The molecule has 0 unspecified atom stereocenters. The van der Waals surface area contributed by atoms with Crippen molar-refractivity contribution in [1.29, 1.82) is 0 Å². The summed E-state index contributed by atoms with van der Waals surface area (Å²) >= 11 is 0. The van der Waals surface area contributed by atoms with Gasteiger partial charge in [-0.1, -0.05) is 43.7 Å². The third kappa shape index (κ3) is 3.79. The van der Waals surface area contributed by atoms with Gasteiger partial charge < -0.3 is 4.74 Å². The Balaban J connectivity index is 1.58. The Morgan fingerprint density at radius 3 is 2.63 bits per heavy atom. The van der Waals surface area contributed by atoms with E-state index < -0.39 is 0 Å². The number of rotatable bonds is 7. The lowest BCUT2D eigenvalue weighted by atomic mass is 10.1. The van der Waals surface area contributed by atoms with Gasteiger partial charge >= 0.3 is 0 Å². The maximum absolute atomic E-state index is 5.74. The quantitative estimate of drug-likeness (QED) is 0.598. The molecule has 27 heavy (non-hydrogen) atoms. The zero-order chi connectivity index (χ0) is 18.5. The molecule has 0 atom stereocenters. The number of hydrogen-bond acceptors (Lipinski definition) is 5. The summed E-state index contributed by atoms with van der Waals surface area (Å²) < 4.78 is 7.43. The molecule has 1 aliphatic rings. The smallest absolute Gasteiger partial charge is 0.254 e. The molecule has 0 spiro atoms. The number of fused-ring (bicyclic) bond motifs is 1. The van der Waals surface area contributed by atoms with Gasteiger partial charge in [0.15, 0.2) is 5.84 Å². The second kappa shape index (κ2) is 7.95. The maximum Gasteiger partial charge on any atom is 0.254 e. The fourth-order valence-electron chi connectivity index (χ4n) is 2.84. The Kier molecular flexibility index (Phi) is 5.05.